The van der Waals surface area contributed by atoms with Crippen molar-refractivity contribution in [1.29, 1.82) is 0 Å². The number of hydrogen-bond acceptors (Lipinski definition) is 5. The van der Waals surface area contributed by atoms with Gasteiger partial charge in [-0.15, -0.1) is 0 Å². The Hall–Kier alpha value is -0.700. The van der Waals surface area contributed by atoms with E-state index in [1.807, 2.05) is 6.92 Å². The van der Waals surface area contributed by atoms with Crippen molar-refractivity contribution in [3.63, 3.8) is 0 Å². The van der Waals surface area contributed by atoms with E-state index in [2.05, 4.69) is 26.2 Å². The molecule has 1 N–H and O–H groups in total. The zero-order chi connectivity index (χ0) is 14.8. The molecule has 1 atom stereocenters. The van der Waals surface area contributed by atoms with Crippen LogP contribution in [0.2, 0.25) is 0 Å². The molecule has 0 radical (unpaired) electrons. The number of halogens is 1. The van der Waals surface area contributed by atoms with Gasteiger partial charge in [-0.3, -0.25) is 0 Å². The highest BCUT2D eigenvalue weighted by Gasteiger charge is 2.34. The van der Waals surface area contributed by atoms with Crippen molar-refractivity contribution < 1.29 is 13.2 Å². The second-order valence-electron chi connectivity index (χ2n) is 4.54. The maximum absolute atomic E-state index is 12.7. The molecule has 1 unspecified atom stereocenters. The number of methoxy groups -OCH3 is 1. The molecule has 1 aromatic heterocycles. The molecule has 0 saturated carbocycles. The molecular formula is C12H18BrN3O3S. The molecule has 20 heavy (non-hydrogen) atoms. The van der Waals surface area contributed by atoms with Crippen LogP contribution in [0.5, 0.6) is 0 Å². The third-order valence-electron chi connectivity index (χ3n) is 3.22. The minimum absolute atomic E-state index is 0.0347. The van der Waals surface area contributed by atoms with Crippen LogP contribution >= 0.6 is 15.9 Å². The average molecular weight is 364 g/mol. The molecule has 0 bridgehead atoms. The quantitative estimate of drug-likeness (QED) is 0.861. The highest BCUT2D eigenvalue weighted by Crippen LogP contribution is 2.28. The molecule has 0 aliphatic carbocycles. The monoisotopic (exact) mass is 363 g/mol. The van der Waals surface area contributed by atoms with Gasteiger partial charge in [-0.2, -0.15) is 4.31 Å². The Morgan fingerprint density at radius 2 is 2.35 bits per heavy atom. The van der Waals surface area contributed by atoms with Gasteiger partial charge in [-0.1, -0.05) is 0 Å². The van der Waals surface area contributed by atoms with Gasteiger partial charge in [0.15, 0.2) is 0 Å². The number of anilines is 1. The molecule has 2 rings (SSSR count). The van der Waals surface area contributed by atoms with Crippen LogP contribution < -0.4 is 5.32 Å². The van der Waals surface area contributed by atoms with E-state index < -0.39 is 10.0 Å². The van der Waals surface area contributed by atoms with Crippen molar-refractivity contribution in [3.8, 4) is 0 Å². The summed E-state index contributed by atoms with van der Waals surface area (Å²) in [6.45, 7) is 3.37. The van der Waals surface area contributed by atoms with Crippen LogP contribution in [-0.2, 0) is 14.8 Å². The molecule has 1 fully saturated rings. The number of nitrogens with zero attached hydrogens (tertiary/aromatic N) is 2. The van der Waals surface area contributed by atoms with Crippen molar-refractivity contribution >= 4 is 31.8 Å². The number of ether oxygens (including phenoxy) is 1. The van der Waals surface area contributed by atoms with Crippen LogP contribution in [0.3, 0.4) is 0 Å². The van der Waals surface area contributed by atoms with Crippen LogP contribution in [0.1, 0.15) is 13.3 Å². The van der Waals surface area contributed by atoms with Gasteiger partial charge in [0.1, 0.15) is 10.7 Å². The van der Waals surface area contributed by atoms with Crippen molar-refractivity contribution in [2.75, 3.05) is 32.1 Å². The third kappa shape index (κ3) is 3.13. The summed E-state index contributed by atoms with van der Waals surface area (Å²) >= 11 is 3.28. The number of nitrogens with one attached hydrogen (secondary N) is 1. The zero-order valence-electron chi connectivity index (χ0n) is 11.5. The predicted octanol–water partition coefficient (Wildman–Crippen LogP) is 1.69. The summed E-state index contributed by atoms with van der Waals surface area (Å²) in [7, 11) is -1.96. The second kappa shape index (κ2) is 6.38. The van der Waals surface area contributed by atoms with Crippen LogP contribution in [0.4, 0.5) is 5.82 Å². The van der Waals surface area contributed by atoms with E-state index in [0.717, 1.165) is 0 Å². The van der Waals surface area contributed by atoms with E-state index in [0.29, 0.717) is 36.3 Å². The lowest BCUT2D eigenvalue weighted by Crippen LogP contribution is -2.31. The summed E-state index contributed by atoms with van der Waals surface area (Å²) in [5, 5.41) is 2.99. The summed E-state index contributed by atoms with van der Waals surface area (Å²) in [5.74, 6) is 0.386. The standard InChI is InChI=1S/C12H18BrN3O3S/c1-3-14-12-11(6-9(13)7-15-12)20(17,18)16-5-4-10(8-16)19-2/h6-7,10H,3-5,8H2,1-2H3,(H,14,15). The Bertz CT molecular complexity index is 579. The van der Waals surface area contributed by atoms with Gasteiger partial charge in [-0.05, 0) is 35.3 Å². The molecule has 112 valence electrons. The third-order valence-corrected chi connectivity index (χ3v) is 5.53. The topological polar surface area (TPSA) is 71.5 Å². The van der Waals surface area contributed by atoms with Crippen molar-refractivity contribution in [2.24, 2.45) is 0 Å². The maximum atomic E-state index is 12.7. The molecule has 8 heteroatoms. The first-order valence-corrected chi connectivity index (χ1v) is 8.64. The molecular weight excluding hydrogens is 346 g/mol. The summed E-state index contributed by atoms with van der Waals surface area (Å²) in [4.78, 5) is 4.35. The van der Waals surface area contributed by atoms with Gasteiger partial charge < -0.3 is 10.1 Å². The lowest BCUT2D eigenvalue weighted by molar-refractivity contribution is 0.115. The molecule has 0 spiro atoms. The molecule has 1 aliphatic heterocycles. The van der Waals surface area contributed by atoms with Crippen molar-refractivity contribution in [1.82, 2.24) is 9.29 Å². The molecule has 1 aliphatic rings. The van der Waals surface area contributed by atoms with Gasteiger partial charge >= 0.3 is 0 Å². The highest BCUT2D eigenvalue weighted by atomic mass is 79.9. The minimum Gasteiger partial charge on any atom is -0.380 e. The highest BCUT2D eigenvalue weighted by molar-refractivity contribution is 9.10. The largest absolute Gasteiger partial charge is 0.380 e. The van der Waals surface area contributed by atoms with Crippen LogP contribution in [0.15, 0.2) is 21.6 Å². The fraction of sp³-hybridized carbons (Fsp3) is 0.583. The fourth-order valence-electron chi connectivity index (χ4n) is 2.16. The first-order valence-electron chi connectivity index (χ1n) is 6.41. The summed E-state index contributed by atoms with van der Waals surface area (Å²) in [5.41, 5.74) is 0. The van der Waals surface area contributed by atoms with Gasteiger partial charge in [0.2, 0.25) is 10.0 Å². The van der Waals surface area contributed by atoms with Crippen LogP contribution in [0.25, 0.3) is 0 Å². The predicted molar refractivity (Wildman–Crippen MR) is 80.3 cm³/mol. The number of aromatic nitrogens is 1. The van der Waals surface area contributed by atoms with E-state index in [1.54, 1.807) is 19.4 Å². The molecule has 0 amide bonds. The van der Waals surface area contributed by atoms with E-state index in [9.17, 15) is 8.42 Å². The average Bonchev–Trinajstić information content (AvgIpc) is 2.90. The number of sulfonamides is 1. The van der Waals surface area contributed by atoms with Gasteiger partial charge in [0.25, 0.3) is 0 Å². The zero-order valence-corrected chi connectivity index (χ0v) is 13.9. The molecule has 6 nitrogen and oxygen atoms in total. The van der Waals surface area contributed by atoms with Gasteiger partial charge in [-0.25, -0.2) is 13.4 Å². The van der Waals surface area contributed by atoms with E-state index >= 15 is 0 Å². The number of rotatable bonds is 5. The van der Waals surface area contributed by atoms with Crippen LogP contribution in [-0.4, -0.2) is 50.6 Å². The fourth-order valence-corrected chi connectivity index (χ4v) is 4.28. The summed E-state index contributed by atoms with van der Waals surface area (Å²) in [6.07, 6.45) is 2.26. The minimum atomic E-state index is -3.56. The first-order chi connectivity index (χ1) is 9.48. The molecule has 1 aromatic rings. The first kappa shape index (κ1) is 15.7. The SMILES string of the molecule is CCNc1ncc(Br)cc1S(=O)(=O)N1CCC(OC)C1. The van der Waals surface area contributed by atoms with E-state index in [-0.39, 0.29) is 11.0 Å². The smallest absolute Gasteiger partial charge is 0.246 e. The maximum Gasteiger partial charge on any atom is 0.246 e. The summed E-state index contributed by atoms with van der Waals surface area (Å²) in [6, 6.07) is 1.58. The van der Waals surface area contributed by atoms with Crippen molar-refractivity contribution in [3.05, 3.63) is 16.7 Å². The van der Waals surface area contributed by atoms with Gasteiger partial charge in [0.05, 0.1) is 6.10 Å². The summed E-state index contributed by atoms with van der Waals surface area (Å²) < 4.78 is 32.7. The lowest BCUT2D eigenvalue weighted by atomic mass is 10.3. The van der Waals surface area contributed by atoms with Crippen molar-refractivity contribution in [2.45, 2.75) is 24.3 Å². The molecule has 2 heterocycles. The lowest BCUT2D eigenvalue weighted by Gasteiger charge is -2.18. The van der Waals surface area contributed by atoms with E-state index in [4.69, 9.17) is 4.74 Å². The Balaban J connectivity index is 2.36. The van der Waals surface area contributed by atoms with Crippen LogP contribution in [0, 0.1) is 0 Å². The molecule has 1 saturated heterocycles. The Morgan fingerprint density at radius 1 is 1.60 bits per heavy atom. The molecule has 0 aromatic carbocycles. The number of hydrogen-bond donors (Lipinski definition) is 1. The number of pyridine rings is 1. The Kier molecular flexibility index (Phi) is 5.00. The second-order valence-corrected chi connectivity index (χ2v) is 7.36. The Morgan fingerprint density at radius 3 is 2.95 bits per heavy atom. The normalized spacial score (nSPS) is 20.2. The van der Waals surface area contributed by atoms with E-state index in [1.165, 1.54) is 4.31 Å². The van der Waals surface area contributed by atoms with Gasteiger partial charge in [0, 0.05) is 37.4 Å². The Labute approximate surface area is 127 Å².